The summed E-state index contributed by atoms with van der Waals surface area (Å²) < 4.78 is 0. The van der Waals surface area contributed by atoms with Crippen LogP contribution in [0, 0.1) is 5.92 Å². The summed E-state index contributed by atoms with van der Waals surface area (Å²) in [4.78, 5) is 157. The summed E-state index contributed by atoms with van der Waals surface area (Å²) >= 11 is 4.23. The minimum Gasteiger partial charge on any atom is -0.480 e. The highest BCUT2D eigenvalue weighted by Gasteiger charge is 2.46. The predicted octanol–water partition coefficient (Wildman–Crippen LogP) is -5.26. The number of nitrogens with two attached hydrogens (primary N) is 3. The molecule has 0 saturated carbocycles. The predicted molar refractivity (Wildman–Crippen MR) is 297 cm³/mol. The number of aliphatic carboxylic acids is 1. The summed E-state index contributed by atoms with van der Waals surface area (Å²) in [6, 6.07) is -13.1. The number of carbonyl (C=O) groups excluding carboxylic acids is 10. The van der Waals surface area contributed by atoms with E-state index in [1.807, 2.05) is 0 Å². The van der Waals surface area contributed by atoms with E-state index in [2.05, 4.69) is 60.2 Å². The first kappa shape index (κ1) is 67.1. The number of aliphatic hydroxyl groups excluding tert-OH is 2. The Morgan fingerprint density at radius 1 is 0.630 bits per heavy atom. The van der Waals surface area contributed by atoms with Gasteiger partial charge in [0.15, 0.2) is 5.96 Å². The molecule has 4 rings (SSSR count). The standard InChI is InChI=1S/C51H87N15O14S/c1-5-27(2)38(49(78)66-24-12-18-37(66)48(77)65-23-11-17-36(65)45(74)59-32(50(79)80)15-9-21-56-51(53)54)62-42(71)33(25-67)60-40(69)28(3)57-46(75)39(29(4)68)63-43(72)34(26-81)61-41(70)30(13-6-7-19-52)58-44(73)35-16-10-22-64(35)47(76)31-14-8-20-55-31/h27-39,55,67-68,81H,5-26,52H2,1-4H3,(H,57,75)(H,58,73)(H,59,74)(H,60,69)(H,61,70)(H,62,71)(H,63,72)(H,79,80)(H4,53,54,56)/t27-,28-,29+,30-,31-,32-,33-,34-,35-,36-,37-,38-,39-/m0/s1. The van der Waals surface area contributed by atoms with Gasteiger partial charge in [0.05, 0.1) is 18.8 Å². The Morgan fingerprint density at radius 3 is 1.72 bits per heavy atom. The molecule has 4 heterocycles. The van der Waals surface area contributed by atoms with E-state index in [4.69, 9.17) is 17.2 Å². The van der Waals surface area contributed by atoms with E-state index in [9.17, 15) is 68.1 Å². The molecule has 4 saturated heterocycles. The fraction of sp³-hybridized carbons (Fsp3) is 0.765. The average molecular weight is 1170 g/mol. The van der Waals surface area contributed by atoms with E-state index in [1.165, 1.54) is 28.5 Å². The Hall–Kier alpha value is -6.37. The Balaban J connectivity index is 1.36. The number of unbranched alkanes of at least 4 members (excludes halogenated alkanes) is 1. The molecule has 0 radical (unpaired) electrons. The molecule has 4 fully saturated rings. The third-order valence-corrected chi connectivity index (χ3v) is 15.6. The smallest absolute Gasteiger partial charge is 0.326 e. The maximum Gasteiger partial charge on any atom is 0.326 e. The van der Waals surface area contributed by atoms with Crippen LogP contribution in [0.1, 0.15) is 118 Å². The molecular formula is C51H87N15O14S. The van der Waals surface area contributed by atoms with E-state index >= 15 is 0 Å². The minimum atomic E-state index is -1.70. The molecule has 81 heavy (non-hydrogen) atoms. The van der Waals surface area contributed by atoms with Gasteiger partial charge in [-0.2, -0.15) is 12.6 Å². The summed E-state index contributed by atoms with van der Waals surface area (Å²) in [6.07, 6.45) is 4.02. The number of likely N-dealkylation sites (tertiary alicyclic amines) is 3. The molecule has 4 aliphatic heterocycles. The lowest BCUT2D eigenvalue weighted by atomic mass is 9.96. The zero-order valence-corrected chi connectivity index (χ0v) is 47.8. The molecule has 29 nitrogen and oxygen atoms in total. The third-order valence-electron chi connectivity index (χ3n) is 15.2. The van der Waals surface area contributed by atoms with Gasteiger partial charge in [-0.3, -0.25) is 52.9 Å². The molecular weight excluding hydrogens is 1080 g/mol. The molecule has 0 aromatic carbocycles. The molecule has 0 bridgehead atoms. The van der Waals surface area contributed by atoms with Crippen LogP contribution in [-0.2, 0) is 52.7 Å². The van der Waals surface area contributed by atoms with Crippen molar-refractivity contribution in [1.29, 1.82) is 0 Å². The van der Waals surface area contributed by atoms with Crippen LogP contribution >= 0.6 is 12.6 Å². The Morgan fingerprint density at radius 2 is 1.17 bits per heavy atom. The van der Waals surface area contributed by atoms with E-state index in [-0.39, 0.29) is 75.4 Å². The summed E-state index contributed by atoms with van der Waals surface area (Å²) in [5.41, 5.74) is 16.4. The monoisotopic (exact) mass is 1170 g/mol. The number of guanidine groups is 1. The SMILES string of the molecule is CC[C@H](C)[C@H](NC(=O)[C@H](CO)NC(=O)[C@H](C)NC(=O)[C@@H](NC(=O)[C@H](CS)NC(=O)[C@H](CCCCN)NC(=O)[C@@H]1CCCN1C(=O)[C@@H]1CCCN1)[C@@H](C)O)C(=O)N1CCC[C@H]1C(=O)N1CCC[C@H]1C(=O)N[C@@H](CCCN=C(N)N)C(=O)O. The number of carboxylic acids is 1. The number of aliphatic hydroxyl groups is 2. The van der Waals surface area contributed by atoms with Crippen LogP contribution in [0.2, 0.25) is 0 Å². The van der Waals surface area contributed by atoms with Crippen LogP contribution < -0.4 is 59.7 Å². The van der Waals surface area contributed by atoms with Gasteiger partial charge < -0.3 is 89.8 Å². The fourth-order valence-electron chi connectivity index (χ4n) is 10.3. The lowest BCUT2D eigenvalue weighted by molar-refractivity contribution is -0.149. The molecule has 10 amide bonds. The van der Waals surface area contributed by atoms with Gasteiger partial charge >= 0.3 is 5.97 Å². The van der Waals surface area contributed by atoms with Gasteiger partial charge in [0.1, 0.15) is 60.4 Å². The molecule has 17 N–H and O–H groups in total. The van der Waals surface area contributed by atoms with Crippen molar-refractivity contribution in [2.24, 2.45) is 28.1 Å². The van der Waals surface area contributed by atoms with Crippen LogP contribution in [0.4, 0.5) is 0 Å². The largest absolute Gasteiger partial charge is 0.480 e. The second kappa shape index (κ2) is 32.9. The fourth-order valence-corrected chi connectivity index (χ4v) is 10.6. The maximum atomic E-state index is 14.4. The quantitative estimate of drug-likeness (QED) is 0.0133. The summed E-state index contributed by atoms with van der Waals surface area (Å²) in [6.45, 7) is 6.77. The normalized spacial score (nSPS) is 22.1. The van der Waals surface area contributed by atoms with Crippen LogP contribution in [0.5, 0.6) is 0 Å². The van der Waals surface area contributed by atoms with Crippen molar-refractivity contribution in [1.82, 2.24) is 57.2 Å². The summed E-state index contributed by atoms with van der Waals surface area (Å²) in [5, 5.41) is 51.5. The minimum absolute atomic E-state index is 0.0197. The molecule has 0 aromatic rings. The maximum absolute atomic E-state index is 14.4. The average Bonchev–Trinajstić information content (AvgIpc) is 4.41. The number of amides is 10. The van der Waals surface area contributed by atoms with Crippen molar-refractivity contribution in [3.8, 4) is 0 Å². The van der Waals surface area contributed by atoms with Crippen molar-refractivity contribution >= 4 is 83.6 Å². The van der Waals surface area contributed by atoms with Crippen LogP contribution in [0.3, 0.4) is 0 Å². The molecule has 13 atom stereocenters. The van der Waals surface area contributed by atoms with E-state index in [1.54, 1.807) is 13.8 Å². The van der Waals surface area contributed by atoms with Crippen molar-refractivity contribution in [3.05, 3.63) is 0 Å². The lowest BCUT2D eigenvalue weighted by Gasteiger charge is -2.35. The van der Waals surface area contributed by atoms with Gasteiger partial charge in [-0.25, -0.2) is 4.79 Å². The van der Waals surface area contributed by atoms with Crippen LogP contribution in [0.15, 0.2) is 4.99 Å². The van der Waals surface area contributed by atoms with Crippen LogP contribution in [-0.4, -0.2) is 225 Å². The Kier molecular flexibility index (Phi) is 27.3. The number of nitrogens with zero attached hydrogens (tertiary/aromatic N) is 4. The zero-order chi connectivity index (χ0) is 60.1. The second-order valence-corrected chi connectivity index (χ2v) is 21.6. The Bertz CT molecular complexity index is 2250. The van der Waals surface area contributed by atoms with Crippen molar-refractivity contribution in [2.45, 2.75) is 190 Å². The number of hydrogen-bond acceptors (Lipinski definition) is 17. The highest BCUT2D eigenvalue weighted by molar-refractivity contribution is 7.80. The highest BCUT2D eigenvalue weighted by atomic mass is 32.1. The first-order chi connectivity index (χ1) is 38.5. The van der Waals surface area contributed by atoms with Gasteiger partial charge in [-0.05, 0) is 116 Å². The first-order valence-electron chi connectivity index (χ1n) is 28.1. The number of nitrogens with one attached hydrogen (secondary N) is 8. The highest BCUT2D eigenvalue weighted by Crippen LogP contribution is 2.27. The van der Waals surface area contributed by atoms with E-state index < -0.39 is 138 Å². The van der Waals surface area contributed by atoms with Gasteiger partial charge in [0, 0.05) is 31.9 Å². The molecule has 456 valence electrons. The first-order valence-corrected chi connectivity index (χ1v) is 28.8. The number of hydrogen-bond donors (Lipinski definition) is 15. The van der Waals surface area contributed by atoms with E-state index in [0.717, 1.165) is 6.42 Å². The number of thiol groups is 1. The van der Waals surface area contributed by atoms with E-state index in [0.29, 0.717) is 71.0 Å². The Labute approximate surface area is 477 Å². The molecule has 0 aromatic heterocycles. The third kappa shape index (κ3) is 19.1. The number of aliphatic imine (C=N–C) groups is 1. The van der Waals surface area contributed by atoms with Crippen molar-refractivity contribution in [3.63, 3.8) is 0 Å². The summed E-state index contributed by atoms with van der Waals surface area (Å²) in [7, 11) is 0. The topological polar surface area (TPSA) is 445 Å². The summed E-state index contributed by atoms with van der Waals surface area (Å²) in [5.74, 6) is -9.49. The van der Waals surface area contributed by atoms with Crippen molar-refractivity contribution in [2.75, 3.05) is 51.6 Å². The van der Waals surface area contributed by atoms with Gasteiger partial charge in [0.25, 0.3) is 0 Å². The van der Waals surface area contributed by atoms with Crippen LogP contribution in [0.25, 0.3) is 0 Å². The lowest BCUT2D eigenvalue weighted by Crippen LogP contribution is -2.62. The van der Waals surface area contributed by atoms with Gasteiger partial charge in [-0.1, -0.05) is 20.3 Å². The zero-order valence-electron chi connectivity index (χ0n) is 46.9. The number of rotatable bonds is 31. The van der Waals surface area contributed by atoms with Gasteiger partial charge in [0.2, 0.25) is 59.1 Å². The second-order valence-electron chi connectivity index (χ2n) is 21.2. The van der Waals surface area contributed by atoms with Crippen molar-refractivity contribution < 1.29 is 68.1 Å². The number of carboxylic acid groups (broad SMARTS) is 1. The molecule has 30 heteroatoms. The molecule has 0 spiro atoms. The van der Waals surface area contributed by atoms with Gasteiger partial charge in [-0.15, -0.1) is 0 Å². The molecule has 0 unspecified atom stereocenters. The molecule has 4 aliphatic rings. The molecule has 0 aliphatic carbocycles. The number of carbonyl (C=O) groups is 11.